The minimum atomic E-state index is -3.92. The Balaban J connectivity index is 0.000000208. The molecule has 0 radical (unpaired) electrons. The van der Waals surface area contributed by atoms with Crippen molar-refractivity contribution < 1.29 is 41.5 Å². The van der Waals surface area contributed by atoms with Crippen LogP contribution in [-0.4, -0.2) is 37.2 Å². The number of carboxylic acid groups (broad SMARTS) is 1. The zero-order chi connectivity index (χ0) is 41.9. The van der Waals surface area contributed by atoms with Crippen LogP contribution in [0.4, 0.5) is 11.4 Å². The second kappa shape index (κ2) is 18.6. The van der Waals surface area contributed by atoms with Crippen LogP contribution in [0.2, 0.25) is 0 Å². The number of anilines is 2. The standard InChI is InChI=1S/C26H22N2O5S.C20H17NO4/c1-18-23(17-24(33-18)20-8-4-2-5-9-20)26(30)27-21-14-12-19(13-15-21)16-25(29)28-34(31,32)22-10-6-3-7-11-22;1-13-17(12-18(25-13)15-5-3-2-4-6-15)20(24)21-16-9-7-14(8-10-16)11-19(22)23/h2-15,17H,16H2,1H3,(H,27,30)(H,28,29);2-10,12H,11H2,1H3,(H,21,24)(H,22,23). The molecule has 59 heavy (non-hydrogen) atoms. The lowest BCUT2D eigenvalue weighted by Gasteiger charge is -2.08. The molecule has 0 aliphatic rings. The molecule has 7 rings (SSSR count). The molecule has 0 fully saturated rings. The van der Waals surface area contributed by atoms with Crippen LogP contribution in [0.1, 0.15) is 43.4 Å². The molecular formula is C46H39N3O9S. The van der Waals surface area contributed by atoms with Crippen LogP contribution in [0, 0.1) is 13.8 Å². The van der Waals surface area contributed by atoms with Crippen molar-refractivity contribution in [3.63, 3.8) is 0 Å². The molecule has 0 atom stereocenters. The number of aryl methyl sites for hydroxylation is 2. The lowest BCUT2D eigenvalue weighted by Crippen LogP contribution is -2.31. The molecule has 2 aromatic heterocycles. The molecule has 0 saturated heterocycles. The number of carboxylic acids is 1. The van der Waals surface area contributed by atoms with Gasteiger partial charge in [-0.05, 0) is 73.5 Å². The normalized spacial score (nSPS) is 10.8. The van der Waals surface area contributed by atoms with E-state index in [1.165, 1.54) is 12.1 Å². The Morgan fingerprint density at radius 3 is 1.34 bits per heavy atom. The summed E-state index contributed by atoms with van der Waals surface area (Å²) in [6, 6.07) is 43.5. The highest BCUT2D eigenvalue weighted by Crippen LogP contribution is 2.27. The number of nitrogens with one attached hydrogen (secondary N) is 3. The smallest absolute Gasteiger partial charge is 0.307 e. The van der Waals surface area contributed by atoms with E-state index < -0.39 is 21.9 Å². The first-order valence-electron chi connectivity index (χ1n) is 18.3. The molecule has 2 heterocycles. The lowest BCUT2D eigenvalue weighted by molar-refractivity contribution is -0.136. The van der Waals surface area contributed by atoms with Gasteiger partial charge in [0.1, 0.15) is 23.0 Å². The summed E-state index contributed by atoms with van der Waals surface area (Å²) >= 11 is 0. The fraction of sp³-hybridized carbons (Fsp3) is 0.0870. The van der Waals surface area contributed by atoms with E-state index in [0.29, 0.717) is 56.7 Å². The predicted octanol–water partition coefficient (Wildman–Crippen LogP) is 8.69. The second-order valence-electron chi connectivity index (χ2n) is 13.3. The van der Waals surface area contributed by atoms with Crippen LogP contribution in [-0.2, 0) is 32.5 Å². The first-order valence-corrected chi connectivity index (χ1v) is 19.8. The molecule has 298 valence electrons. The van der Waals surface area contributed by atoms with Crippen molar-refractivity contribution in [1.29, 1.82) is 0 Å². The van der Waals surface area contributed by atoms with E-state index in [1.807, 2.05) is 60.7 Å². The second-order valence-corrected chi connectivity index (χ2v) is 15.0. The van der Waals surface area contributed by atoms with Crippen molar-refractivity contribution in [2.75, 3.05) is 10.6 Å². The number of carbonyl (C=O) groups is 4. The molecule has 0 aliphatic heterocycles. The maximum Gasteiger partial charge on any atom is 0.307 e. The van der Waals surface area contributed by atoms with Gasteiger partial charge >= 0.3 is 5.97 Å². The van der Waals surface area contributed by atoms with Crippen molar-refractivity contribution in [3.8, 4) is 22.6 Å². The highest BCUT2D eigenvalue weighted by atomic mass is 32.2. The van der Waals surface area contributed by atoms with Crippen LogP contribution in [0.3, 0.4) is 0 Å². The SMILES string of the molecule is Cc1oc(-c2ccccc2)cc1C(=O)Nc1ccc(CC(=O)NS(=O)(=O)c2ccccc2)cc1.Cc1oc(-c2ccccc2)cc1C(=O)Nc1ccc(CC(=O)O)cc1. The van der Waals surface area contributed by atoms with E-state index in [4.69, 9.17) is 13.9 Å². The highest BCUT2D eigenvalue weighted by Gasteiger charge is 2.19. The molecule has 3 amide bonds. The molecule has 0 saturated carbocycles. The minimum absolute atomic E-state index is 0.0198. The van der Waals surface area contributed by atoms with Gasteiger partial charge in [-0.25, -0.2) is 13.1 Å². The molecule has 12 nitrogen and oxygen atoms in total. The van der Waals surface area contributed by atoms with E-state index in [0.717, 1.165) is 11.1 Å². The Hall–Kier alpha value is -7.51. The van der Waals surface area contributed by atoms with E-state index in [1.54, 1.807) is 92.7 Å². The monoisotopic (exact) mass is 809 g/mol. The summed E-state index contributed by atoms with van der Waals surface area (Å²) in [5, 5.41) is 14.4. The first kappa shape index (κ1) is 41.1. The van der Waals surface area contributed by atoms with Gasteiger partial charge in [0.25, 0.3) is 21.8 Å². The Bertz CT molecular complexity index is 2670. The summed E-state index contributed by atoms with van der Waals surface area (Å²) in [4.78, 5) is 48.2. The Morgan fingerprint density at radius 2 is 0.932 bits per heavy atom. The average molecular weight is 810 g/mol. The van der Waals surface area contributed by atoms with Crippen LogP contribution in [0.15, 0.2) is 165 Å². The van der Waals surface area contributed by atoms with Gasteiger partial charge in [0.15, 0.2) is 0 Å². The summed E-state index contributed by atoms with van der Waals surface area (Å²) < 4.78 is 38.1. The molecule has 5 aromatic carbocycles. The summed E-state index contributed by atoms with van der Waals surface area (Å²) in [7, 11) is -3.92. The fourth-order valence-electron chi connectivity index (χ4n) is 5.92. The summed E-state index contributed by atoms with van der Waals surface area (Å²) in [5.41, 5.74) is 5.08. The number of furan rings is 2. The zero-order valence-corrected chi connectivity index (χ0v) is 32.8. The highest BCUT2D eigenvalue weighted by molar-refractivity contribution is 7.90. The van der Waals surface area contributed by atoms with E-state index in [-0.39, 0.29) is 29.6 Å². The van der Waals surface area contributed by atoms with Crippen LogP contribution in [0.5, 0.6) is 0 Å². The molecule has 4 N–H and O–H groups in total. The van der Waals surface area contributed by atoms with Gasteiger partial charge in [0.2, 0.25) is 5.91 Å². The van der Waals surface area contributed by atoms with E-state index in [2.05, 4.69) is 15.4 Å². The average Bonchev–Trinajstić information content (AvgIpc) is 3.83. The third-order valence-electron chi connectivity index (χ3n) is 8.89. The predicted molar refractivity (Wildman–Crippen MR) is 223 cm³/mol. The summed E-state index contributed by atoms with van der Waals surface area (Å²) in [6.07, 6.45) is -0.170. The number of carbonyl (C=O) groups excluding carboxylic acids is 3. The molecule has 13 heteroatoms. The molecule has 0 bridgehead atoms. The van der Waals surface area contributed by atoms with Crippen molar-refractivity contribution in [2.45, 2.75) is 31.6 Å². The molecule has 0 unspecified atom stereocenters. The first-order chi connectivity index (χ1) is 28.3. The zero-order valence-electron chi connectivity index (χ0n) is 32.0. The van der Waals surface area contributed by atoms with Gasteiger partial charge in [0, 0.05) is 22.5 Å². The van der Waals surface area contributed by atoms with Crippen molar-refractivity contribution in [1.82, 2.24) is 4.72 Å². The third kappa shape index (κ3) is 11.1. The van der Waals surface area contributed by atoms with Crippen molar-refractivity contribution in [2.24, 2.45) is 0 Å². The van der Waals surface area contributed by atoms with Gasteiger partial charge in [-0.15, -0.1) is 0 Å². The Morgan fingerprint density at radius 1 is 0.542 bits per heavy atom. The number of hydrogen-bond acceptors (Lipinski definition) is 8. The van der Waals surface area contributed by atoms with Gasteiger partial charge in [-0.3, -0.25) is 19.2 Å². The van der Waals surface area contributed by atoms with Crippen LogP contribution < -0.4 is 15.4 Å². The Labute approximate surface area is 340 Å². The fourth-order valence-corrected chi connectivity index (χ4v) is 6.92. The number of aliphatic carboxylic acids is 1. The van der Waals surface area contributed by atoms with Gasteiger partial charge in [0.05, 0.1) is 28.9 Å². The largest absolute Gasteiger partial charge is 0.481 e. The van der Waals surface area contributed by atoms with Crippen LogP contribution >= 0.6 is 0 Å². The van der Waals surface area contributed by atoms with Gasteiger partial charge in [-0.2, -0.15) is 0 Å². The summed E-state index contributed by atoms with van der Waals surface area (Å²) in [5.74, 6) is 0.165. The number of hydrogen-bond donors (Lipinski definition) is 4. The topological polar surface area (TPSA) is 185 Å². The summed E-state index contributed by atoms with van der Waals surface area (Å²) in [6.45, 7) is 3.48. The number of amides is 3. The molecule has 0 aliphatic carbocycles. The Kier molecular flexibility index (Phi) is 13.0. The maximum atomic E-state index is 12.7. The minimum Gasteiger partial charge on any atom is -0.481 e. The van der Waals surface area contributed by atoms with Crippen molar-refractivity contribution >= 4 is 45.1 Å². The third-order valence-corrected chi connectivity index (χ3v) is 10.3. The lowest BCUT2D eigenvalue weighted by atomic mass is 10.1. The molecule has 0 spiro atoms. The van der Waals surface area contributed by atoms with Gasteiger partial charge < -0.3 is 24.6 Å². The van der Waals surface area contributed by atoms with E-state index >= 15 is 0 Å². The van der Waals surface area contributed by atoms with E-state index in [9.17, 15) is 27.6 Å². The number of benzene rings is 5. The quantitative estimate of drug-likeness (QED) is 0.0937. The molecular weight excluding hydrogens is 771 g/mol. The number of sulfonamides is 1. The van der Waals surface area contributed by atoms with Gasteiger partial charge in [-0.1, -0.05) is 103 Å². The number of rotatable bonds is 12. The van der Waals surface area contributed by atoms with Crippen LogP contribution in [0.25, 0.3) is 22.6 Å². The molecule has 7 aromatic rings. The van der Waals surface area contributed by atoms with Crippen molar-refractivity contribution in [3.05, 3.63) is 185 Å². The maximum absolute atomic E-state index is 12.7.